The van der Waals surface area contributed by atoms with Crippen LogP contribution in [0.3, 0.4) is 0 Å². The van der Waals surface area contributed by atoms with Gasteiger partial charge in [0.05, 0.1) is 16.4 Å². The molecule has 0 radical (unpaired) electrons. The summed E-state index contributed by atoms with van der Waals surface area (Å²) in [6.07, 6.45) is 5.66. The van der Waals surface area contributed by atoms with E-state index >= 15 is 0 Å². The van der Waals surface area contributed by atoms with Gasteiger partial charge in [0.2, 0.25) is 0 Å². The summed E-state index contributed by atoms with van der Waals surface area (Å²) in [6, 6.07) is 2.57. The maximum atomic E-state index is 5.84. The molecule has 0 aliphatic heterocycles. The molecule has 1 heterocycles. The van der Waals surface area contributed by atoms with E-state index in [2.05, 4.69) is 33.2 Å². The summed E-state index contributed by atoms with van der Waals surface area (Å²) < 4.78 is 0.847. The number of rotatable bonds is 4. The third kappa shape index (κ3) is 2.85. The smallest absolute Gasteiger partial charge is 0.143 e. The Hall–Kier alpha value is -0.280. The van der Waals surface area contributed by atoms with Crippen molar-refractivity contribution in [2.45, 2.75) is 32.2 Å². The second kappa shape index (κ2) is 4.71. The molecule has 1 unspecified atom stereocenters. The second-order valence-corrected chi connectivity index (χ2v) is 5.21. The molecule has 1 N–H and O–H groups in total. The van der Waals surface area contributed by atoms with Gasteiger partial charge in [-0.3, -0.25) is 0 Å². The predicted octanol–water partition coefficient (Wildman–Crippen LogP) is 4.10. The summed E-state index contributed by atoms with van der Waals surface area (Å²) in [6.45, 7) is 2.22. The van der Waals surface area contributed by atoms with E-state index in [4.69, 9.17) is 11.6 Å². The third-order valence-corrected chi connectivity index (χ3v) is 3.91. The van der Waals surface area contributed by atoms with Crippen molar-refractivity contribution in [1.82, 2.24) is 4.98 Å². The maximum Gasteiger partial charge on any atom is 0.143 e. The van der Waals surface area contributed by atoms with Gasteiger partial charge in [-0.15, -0.1) is 0 Å². The first-order chi connectivity index (χ1) is 7.20. The van der Waals surface area contributed by atoms with E-state index in [0.29, 0.717) is 11.2 Å². The van der Waals surface area contributed by atoms with E-state index in [1.807, 2.05) is 6.07 Å². The molecule has 1 saturated carbocycles. The van der Waals surface area contributed by atoms with Crippen LogP contribution in [0.25, 0.3) is 0 Å². The van der Waals surface area contributed by atoms with Crippen molar-refractivity contribution in [3.05, 3.63) is 21.9 Å². The lowest BCUT2D eigenvalue weighted by Crippen LogP contribution is -2.20. The van der Waals surface area contributed by atoms with Crippen molar-refractivity contribution in [3.8, 4) is 0 Å². The summed E-state index contributed by atoms with van der Waals surface area (Å²) in [7, 11) is 0. The Balaban J connectivity index is 2.05. The summed E-state index contributed by atoms with van der Waals surface area (Å²) >= 11 is 9.22. The van der Waals surface area contributed by atoms with Gasteiger partial charge in [-0.1, -0.05) is 18.5 Å². The van der Waals surface area contributed by atoms with Crippen molar-refractivity contribution in [2.24, 2.45) is 5.92 Å². The highest BCUT2D eigenvalue weighted by atomic mass is 79.9. The Morgan fingerprint density at radius 3 is 2.93 bits per heavy atom. The number of hydrogen-bond donors (Lipinski definition) is 1. The minimum absolute atomic E-state index is 0.514. The van der Waals surface area contributed by atoms with Gasteiger partial charge in [-0.25, -0.2) is 4.98 Å². The molecule has 0 spiro atoms. The zero-order chi connectivity index (χ0) is 10.8. The number of nitrogens with one attached hydrogen (secondary N) is 1. The topological polar surface area (TPSA) is 24.9 Å². The molecule has 1 aromatic heterocycles. The van der Waals surface area contributed by atoms with Crippen molar-refractivity contribution in [1.29, 1.82) is 0 Å². The molecule has 0 saturated heterocycles. The summed E-state index contributed by atoms with van der Waals surface area (Å²) in [5.74, 6) is 0.851. The van der Waals surface area contributed by atoms with Crippen molar-refractivity contribution in [3.63, 3.8) is 0 Å². The fourth-order valence-electron chi connectivity index (χ4n) is 1.77. The molecule has 4 heteroatoms. The SMILES string of the molecule is CCC(Nc1cnc(Cl)c(Br)c1)C1CC1. The lowest BCUT2D eigenvalue weighted by atomic mass is 10.1. The monoisotopic (exact) mass is 288 g/mol. The van der Waals surface area contributed by atoms with Gasteiger partial charge in [0.1, 0.15) is 5.15 Å². The van der Waals surface area contributed by atoms with Gasteiger partial charge < -0.3 is 5.32 Å². The van der Waals surface area contributed by atoms with Gasteiger partial charge in [-0.2, -0.15) is 0 Å². The fourth-order valence-corrected chi connectivity index (χ4v) is 2.22. The highest BCUT2D eigenvalue weighted by Crippen LogP contribution is 2.36. The van der Waals surface area contributed by atoms with Crippen LogP contribution in [0.4, 0.5) is 5.69 Å². The first-order valence-corrected chi connectivity index (χ1v) is 6.45. The first-order valence-electron chi connectivity index (χ1n) is 5.28. The number of pyridine rings is 1. The molecule has 1 aliphatic carbocycles. The van der Waals surface area contributed by atoms with E-state index in [1.54, 1.807) is 6.20 Å². The summed E-state index contributed by atoms with van der Waals surface area (Å²) in [5, 5.41) is 4.02. The average Bonchev–Trinajstić information content (AvgIpc) is 3.03. The lowest BCUT2D eigenvalue weighted by Gasteiger charge is -2.17. The van der Waals surface area contributed by atoms with Gasteiger partial charge in [-0.05, 0) is 47.2 Å². The molecule has 0 amide bonds. The molecule has 2 rings (SSSR count). The molecule has 0 aromatic carbocycles. The number of aromatic nitrogens is 1. The minimum atomic E-state index is 0.514. The van der Waals surface area contributed by atoms with Crippen LogP contribution in [0.2, 0.25) is 5.15 Å². The van der Waals surface area contributed by atoms with E-state index in [9.17, 15) is 0 Å². The molecule has 1 aromatic rings. The second-order valence-electron chi connectivity index (χ2n) is 3.99. The highest BCUT2D eigenvalue weighted by Gasteiger charge is 2.29. The van der Waals surface area contributed by atoms with Crippen LogP contribution in [-0.2, 0) is 0 Å². The lowest BCUT2D eigenvalue weighted by molar-refractivity contribution is 0.616. The third-order valence-electron chi connectivity index (χ3n) is 2.78. The van der Waals surface area contributed by atoms with E-state index < -0.39 is 0 Å². The molecular weight excluding hydrogens is 275 g/mol. The molecule has 1 fully saturated rings. The van der Waals surface area contributed by atoms with Crippen LogP contribution in [0.5, 0.6) is 0 Å². The van der Waals surface area contributed by atoms with E-state index in [0.717, 1.165) is 22.5 Å². The molecule has 1 aliphatic rings. The van der Waals surface area contributed by atoms with Gasteiger partial charge in [0.25, 0.3) is 0 Å². The number of anilines is 1. The van der Waals surface area contributed by atoms with Gasteiger partial charge in [0.15, 0.2) is 0 Å². The maximum absolute atomic E-state index is 5.84. The Bertz CT molecular complexity index is 352. The largest absolute Gasteiger partial charge is 0.381 e. The minimum Gasteiger partial charge on any atom is -0.381 e. The Morgan fingerprint density at radius 2 is 2.40 bits per heavy atom. The van der Waals surface area contributed by atoms with E-state index in [-0.39, 0.29) is 0 Å². The number of hydrogen-bond acceptors (Lipinski definition) is 2. The van der Waals surface area contributed by atoms with Crippen LogP contribution in [0.15, 0.2) is 16.7 Å². The molecule has 0 bridgehead atoms. The molecule has 2 nitrogen and oxygen atoms in total. The Labute approximate surface area is 104 Å². The molecular formula is C11H14BrClN2. The van der Waals surface area contributed by atoms with E-state index in [1.165, 1.54) is 12.8 Å². The average molecular weight is 290 g/mol. The van der Waals surface area contributed by atoms with Crippen LogP contribution in [-0.4, -0.2) is 11.0 Å². The fraction of sp³-hybridized carbons (Fsp3) is 0.545. The Morgan fingerprint density at radius 1 is 1.67 bits per heavy atom. The Kier molecular flexibility index (Phi) is 3.52. The molecule has 82 valence electrons. The molecule has 15 heavy (non-hydrogen) atoms. The standard InChI is InChI=1S/C11H14BrClN2/c1-2-10(7-3-4-7)15-8-5-9(12)11(13)14-6-8/h5-7,10,15H,2-4H2,1H3. The quantitative estimate of drug-likeness (QED) is 0.844. The first kappa shape index (κ1) is 11.2. The van der Waals surface area contributed by atoms with Crippen molar-refractivity contribution >= 4 is 33.2 Å². The highest BCUT2D eigenvalue weighted by molar-refractivity contribution is 9.10. The molecule has 1 atom stereocenters. The number of halogens is 2. The predicted molar refractivity (Wildman–Crippen MR) is 67.4 cm³/mol. The summed E-state index contributed by atoms with van der Waals surface area (Å²) in [5.41, 5.74) is 1.05. The van der Waals surface area contributed by atoms with Crippen LogP contribution < -0.4 is 5.32 Å². The van der Waals surface area contributed by atoms with Crippen LogP contribution >= 0.6 is 27.5 Å². The summed E-state index contributed by atoms with van der Waals surface area (Å²) in [4.78, 5) is 4.10. The van der Waals surface area contributed by atoms with Crippen LogP contribution in [0.1, 0.15) is 26.2 Å². The normalized spacial score (nSPS) is 17.5. The zero-order valence-corrected chi connectivity index (χ0v) is 11.0. The number of nitrogens with zero attached hydrogens (tertiary/aromatic N) is 1. The van der Waals surface area contributed by atoms with Crippen molar-refractivity contribution in [2.75, 3.05) is 5.32 Å². The zero-order valence-electron chi connectivity index (χ0n) is 8.63. The van der Waals surface area contributed by atoms with Crippen LogP contribution in [0, 0.1) is 5.92 Å². The van der Waals surface area contributed by atoms with Gasteiger partial charge >= 0.3 is 0 Å². The van der Waals surface area contributed by atoms with Gasteiger partial charge in [0, 0.05) is 6.04 Å². The van der Waals surface area contributed by atoms with Crippen molar-refractivity contribution < 1.29 is 0 Å².